The fourth-order valence-electron chi connectivity index (χ4n) is 0.885. The Labute approximate surface area is 75.6 Å². The summed E-state index contributed by atoms with van der Waals surface area (Å²) < 4.78 is 44.3. The summed E-state index contributed by atoms with van der Waals surface area (Å²) in [6.07, 6.45) is 0. The second kappa shape index (κ2) is 3.41. The SMILES string of the molecule is CCS(=N)(=O)c1cc(F)ccc1F. The van der Waals surface area contributed by atoms with Crippen LogP contribution in [0.25, 0.3) is 0 Å². The molecule has 0 bridgehead atoms. The lowest BCUT2D eigenvalue weighted by Gasteiger charge is -2.05. The Balaban J connectivity index is 3.38. The van der Waals surface area contributed by atoms with Gasteiger partial charge in [0.2, 0.25) is 0 Å². The zero-order valence-electron chi connectivity index (χ0n) is 7.01. The van der Waals surface area contributed by atoms with Crippen LogP contribution in [0.2, 0.25) is 0 Å². The summed E-state index contributed by atoms with van der Waals surface area (Å²) in [5.41, 5.74) is 0. The van der Waals surface area contributed by atoms with E-state index in [1.807, 2.05) is 0 Å². The lowest BCUT2D eigenvalue weighted by Crippen LogP contribution is -2.04. The Morgan fingerprint density at radius 1 is 1.46 bits per heavy atom. The fourth-order valence-corrected chi connectivity index (χ4v) is 1.88. The second-order valence-electron chi connectivity index (χ2n) is 2.54. The van der Waals surface area contributed by atoms with Gasteiger partial charge in [-0.15, -0.1) is 0 Å². The maximum absolute atomic E-state index is 13.0. The standard InChI is InChI=1S/C8H9F2NOS/c1-2-13(11,12)8-5-6(9)3-4-7(8)10/h3-5,11H,2H2,1H3. The number of benzene rings is 1. The Morgan fingerprint density at radius 3 is 2.62 bits per heavy atom. The van der Waals surface area contributed by atoms with E-state index in [0.29, 0.717) is 0 Å². The first kappa shape index (κ1) is 10.1. The van der Waals surface area contributed by atoms with Crippen LogP contribution in [-0.4, -0.2) is 9.96 Å². The highest BCUT2D eigenvalue weighted by molar-refractivity contribution is 7.92. The molecule has 13 heavy (non-hydrogen) atoms. The van der Waals surface area contributed by atoms with Crippen LogP contribution in [0.5, 0.6) is 0 Å². The fraction of sp³-hybridized carbons (Fsp3) is 0.250. The number of hydrogen-bond acceptors (Lipinski definition) is 2. The van der Waals surface area contributed by atoms with Crippen LogP contribution in [0, 0.1) is 16.4 Å². The molecule has 1 aromatic rings. The average molecular weight is 205 g/mol. The van der Waals surface area contributed by atoms with Gasteiger partial charge in [0.25, 0.3) is 0 Å². The highest BCUT2D eigenvalue weighted by Gasteiger charge is 2.13. The van der Waals surface area contributed by atoms with Gasteiger partial charge in [0.15, 0.2) is 0 Å². The molecule has 0 fully saturated rings. The Kier molecular flexibility index (Phi) is 2.66. The van der Waals surface area contributed by atoms with Crippen molar-refractivity contribution >= 4 is 9.73 Å². The summed E-state index contributed by atoms with van der Waals surface area (Å²) in [5, 5.41) is 0. The van der Waals surface area contributed by atoms with Crippen molar-refractivity contribution in [3.8, 4) is 0 Å². The predicted octanol–water partition coefficient (Wildman–Crippen LogP) is 2.39. The molecule has 0 heterocycles. The third-order valence-corrected chi connectivity index (χ3v) is 3.49. The molecular formula is C8H9F2NOS. The second-order valence-corrected chi connectivity index (χ2v) is 4.91. The molecule has 0 aliphatic heterocycles. The van der Waals surface area contributed by atoms with E-state index in [9.17, 15) is 13.0 Å². The summed E-state index contributed by atoms with van der Waals surface area (Å²) >= 11 is 0. The summed E-state index contributed by atoms with van der Waals surface area (Å²) in [6, 6.07) is 2.63. The maximum Gasteiger partial charge on any atom is 0.140 e. The van der Waals surface area contributed by atoms with E-state index < -0.39 is 21.4 Å². The Bertz CT molecular complexity index is 414. The molecule has 0 aliphatic carbocycles. The summed E-state index contributed by atoms with van der Waals surface area (Å²) in [5.74, 6) is -1.49. The smallest absolute Gasteiger partial charge is 0.140 e. The van der Waals surface area contributed by atoms with Crippen LogP contribution in [-0.2, 0) is 9.73 Å². The summed E-state index contributed by atoms with van der Waals surface area (Å²) in [6.45, 7) is 1.50. The molecule has 1 rings (SSSR count). The molecule has 5 heteroatoms. The van der Waals surface area contributed by atoms with Crippen molar-refractivity contribution in [2.75, 3.05) is 5.75 Å². The van der Waals surface area contributed by atoms with Gasteiger partial charge >= 0.3 is 0 Å². The monoisotopic (exact) mass is 205 g/mol. The van der Waals surface area contributed by atoms with Crippen molar-refractivity contribution in [2.24, 2.45) is 0 Å². The largest absolute Gasteiger partial charge is 0.249 e. The van der Waals surface area contributed by atoms with Gasteiger partial charge in [0, 0.05) is 5.75 Å². The van der Waals surface area contributed by atoms with Gasteiger partial charge in [-0.3, -0.25) is 0 Å². The molecule has 1 aromatic carbocycles. The van der Waals surface area contributed by atoms with Gasteiger partial charge < -0.3 is 0 Å². The van der Waals surface area contributed by atoms with E-state index in [0.717, 1.165) is 18.2 Å². The Hall–Kier alpha value is -0.970. The minimum Gasteiger partial charge on any atom is -0.249 e. The summed E-state index contributed by atoms with van der Waals surface area (Å²) in [7, 11) is -3.17. The van der Waals surface area contributed by atoms with Crippen LogP contribution in [0.3, 0.4) is 0 Å². The van der Waals surface area contributed by atoms with Crippen molar-refractivity contribution in [1.82, 2.24) is 0 Å². The highest BCUT2D eigenvalue weighted by Crippen LogP contribution is 2.17. The molecule has 0 aliphatic rings. The van der Waals surface area contributed by atoms with E-state index >= 15 is 0 Å². The lowest BCUT2D eigenvalue weighted by atomic mass is 10.3. The van der Waals surface area contributed by atoms with Crippen LogP contribution in [0.15, 0.2) is 23.1 Å². The zero-order chi connectivity index (χ0) is 10.1. The molecule has 2 nitrogen and oxygen atoms in total. The van der Waals surface area contributed by atoms with Crippen LogP contribution < -0.4 is 0 Å². The number of halogens is 2. The molecule has 0 radical (unpaired) electrons. The third-order valence-electron chi connectivity index (χ3n) is 1.66. The molecule has 1 N–H and O–H groups in total. The minimum atomic E-state index is -3.17. The van der Waals surface area contributed by atoms with Gasteiger partial charge in [-0.2, -0.15) is 0 Å². The average Bonchev–Trinajstić information content (AvgIpc) is 2.09. The number of nitrogens with one attached hydrogen (secondary N) is 1. The predicted molar refractivity (Wildman–Crippen MR) is 46.0 cm³/mol. The van der Waals surface area contributed by atoms with Gasteiger partial charge in [0.05, 0.1) is 14.6 Å². The van der Waals surface area contributed by atoms with Gasteiger partial charge in [-0.1, -0.05) is 6.92 Å². The maximum atomic E-state index is 13.0. The van der Waals surface area contributed by atoms with E-state index in [1.165, 1.54) is 6.92 Å². The van der Waals surface area contributed by atoms with E-state index in [1.54, 1.807) is 0 Å². The van der Waals surface area contributed by atoms with Gasteiger partial charge in [-0.05, 0) is 18.2 Å². The molecule has 0 spiro atoms. The van der Waals surface area contributed by atoms with Gasteiger partial charge in [-0.25, -0.2) is 17.8 Å². The first-order valence-corrected chi connectivity index (χ1v) is 5.41. The normalized spacial score (nSPS) is 15.3. The first-order chi connectivity index (χ1) is 5.97. The molecular weight excluding hydrogens is 196 g/mol. The molecule has 72 valence electrons. The van der Waals surface area contributed by atoms with Crippen LogP contribution in [0.4, 0.5) is 8.78 Å². The summed E-state index contributed by atoms with van der Waals surface area (Å²) in [4.78, 5) is -0.352. The first-order valence-electron chi connectivity index (χ1n) is 3.69. The zero-order valence-corrected chi connectivity index (χ0v) is 7.83. The Morgan fingerprint density at radius 2 is 2.08 bits per heavy atom. The highest BCUT2D eigenvalue weighted by atomic mass is 32.2. The quantitative estimate of drug-likeness (QED) is 0.791. The van der Waals surface area contributed by atoms with E-state index in [-0.39, 0.29) is 10.6 Å². The minimum absolute atomic E-state index is 0.0205. The lowest BCUT2D eigenvalue weighted by molar-refractivity contribution is 0.570. The van der Waals surface area contributed by atoms with Crippen molar-refractivity contribution in [3.05, 3.63) is 29.8 Å². The molecule has 0 saturated carbocycles. The number of rotatable bonds is 2. The van der Waals surface area contributed by atoms with Crippen LogP contribution >= 0.6 is 0 Å². The van der Waals surface area contributed by atoms with Crippen LogP contribution in [0.1, 0.15) is 6.92 Å². The van der Waals surface area contributed by atoms with Crippen molar-refractivity contribution in [3.63, 3.8) is 0 Å². The molecule has 0 saturated heterocycles. The van der Waals surface area contributed by atoms with Crippen molar-refractivity contribution < 1.29 is 13.0 Å². The third kappa shape index (κ3) is 2.03. The molecule has 1 unspecified atom stereocenters. The number of hydrogen-bond donors (Lipinski definition) is 1. The van der Waals surface area contributed by atoms with Gasteiger partial charge in [0.1, 0.15) is 11.6 Å². The molecule has 0 amide bonds. The van der Waals surface area contributed by atoms with E-state index in [2.05, 4.69) is 0 Å². The molecule has 0 aromatic heterocycles. The van der Waals surface area contributed by atoms with E-state index in [4.69, 9.17) is 4.78 Å². The molecule has 1 atom stereocenters. The van der Waals surface area contributed by atoms with Crippen molar-refractivity contribution in [1.29, 1.82) is 4.78 Å². The topological polar surface area (TPSA) is 40.9 Å². The van der Waals surface area contributed by atoms with Crippen molar-refractivity contribution in [2.45, 2.75) is 11.8 Å².